The van der Waals surface area contributed by atoms with Gasteiger partial charge in [-0.1, -0.05) is 12.1 Å². The molecule has 0 saturated heterocycles. The molecule has 1 aromatic carbocycles. The van der Waals surface area contributed by atoms with Gasteiger partial charge in [-0.05, 0) is 43.5 Å². The van der Waals surface area contributed by atoms with E-state index in [9.17, 15) is 10.1 Å². The maximum Gasteiger partial charge on any atom is 0.225 e. The molecule has 27 heavy (non-hydrogen) atoms. The molecule has 6 nitrogen and oxygen atoms in total. The summed E-state index contributed by atoms with van der Waals surface area (Å²) in [4.78, 5) is 13.6. The van der Waals surface area contributed by atoms with Crippen LogP contribution in [0, 0.1) is 11.3 Å². The lowest BCUT2D eigenvalue weighted by molar-refractivity contribution is -0.116. The van der Waals surface area contributed by atoms with Crippen LogP contribution in [0.15, 0.2) is 18.2 Å². The van der Waals surface area contributed by atoms with Gasteiger partial charge in [0.25, 0.3) is 0 Å². The Hall–Kier alpha value is -2.56. The smallest absolute Gasteiger partial charge is 0.225 e. The van der Waals surface area contributed by atoms with Gasteiger partial charge in [0.1, 0.15) is 11.1 Å². The van der Waals surface area contributed by atoms with Crippen LogP contribution in [0.3, 0.4) is 0 Å². The van der Waals surface area contributed by atoms with E-state index in [1.807, 2.05) is 25.1 Å². The monoisotopic (exact) mass is 385 g/mol. The SMILES string of the molecule is CCOc1c(CCC(=O)Nc2sc3c(c2C#N)CCNC3)cccc1OC. The van der Waals surface area contributed by atoms with Crippen LogP contribution in [0.5, 0.6) is 11.5 Å². The third-order valence-corrected chi connectivity index (χ3v) is 5.63. The van der Waals surface area contributed by atoms with E-state index in [1.54, 1.807) is 7.11 Å². The van der Waals surface area contributed by atoms with Crippen LogP contribution < -0.4 is 20.1 Å². The number of ether oxygens (including phenoxy) is 2. The summed E-state index contributed by atoms with van der Waals surface area (Å²) in [5, 5.41) is 16.4. The maximum absolute atomic E-state index is 12.5. The van der Waals surface area contributed by atoms with Gasteiger partial charge in [-0.25, -0.2) is 0 Å². The molecular formula is C20H23N3O3S. The van der Waals surface area contributed by atoms with E-state index in [2.05, 4.69) is 16.7 Å². The number of benzene rings is 1. The highest BCUT2D eigenvalue weighted by Gasteiger charge is 2.21. The van der Waals surface area contributed by atoms with Crippen molar-refractivity contribution in [2.75, 3.05) is 25.6 Å². The molecule has 0 atom stereocenters. The number of hydrogen-bond acceptors (Lipinski definition) is 6. The fourth-order valence-corrected chi connectivity index (χ4v) is 4.39. The lowest BCUT2D eigenvalue weighted by atomic mass is 10.0. The second-order valence-electron chi connectivity index (χ2n) is 6.18. The van der Waals surface area contributed by atoms with Crippen molar-refractivity contribution in [2.45, 2.75) is 32.7 Å². The molecule has 1 aromatic heterocycles. The van der Waals surface area contributed by atoms with E-state index >= 15 is 0 Å². The van der Waals surface area contributed by atoms with E-state index in [4.69, 9.17) is 9.47 Å². The van der Waals surface area contributed by atoms with E-state index in [1.165, 1.54) is 11.3 Å². The van der Waals surface area contributed by atoms with Crippen LogP contribution in [0.25, 0.3) is 0 Å². The Balaban J connectivity index is 1.69. The number of anilines is 1. The van der Waals surface area contributed by atoms with Crippen molar-refractivity contribution >= 4 is 22.2 Å². The number of nitrogens with zero attached hydrogens (tertiary/aromatic N) is 1. The summed E-state index contributed by atoms with van der Waals surface area (Å²) in [6.07, 6.45) is 1.66. The predicted molar refractivity (Wildman–Crippen MR) is 106 cm³/mol. The Morgan fingerprint density at radius 1 is 1.44 bits per heavy atom. The largest absolute Gasteiger partial charge is 0.493 e. The number of hydrogen-bond donors (Lipinski definition) is 2. The second kappa shape index (κ2) is 8.89. The van der Waals surface area contributed by atoms with Crippen LogP contribution in [0.2, 0.25) is 0 Å². The summed E-state index contributed by atoms with van der Waals surface area (Å²) in [5.41, 5.74) is 2.62. The van der Waals surface area contributed by atoms with Gasteiger partial charge in [-0.2, -0.15) is 5.26 Å². The fourth-order valence-electron chi connectivity index (χ4n) is 3.21. The molecular weight excluding hydrogens is 362 g/mol. The minimum Gasteiger partial charge on any atom is -0.493 e. The molecule has 7 heteroatoms. The van der Waals surface area contributed by atoms with Crippen LogP contribution >= 0.6 is 11.3 Å². The van der Waals surface area contributed by atoms with E-state index in [0.29, 0.717) is 41.5 Å². The predicted octanol–water partition coefficient (Wildman–Crippen LogP) is 3.24. The van der Waals surface area contributed by atoms with Crippen LogP contribution in [0.4, 0.5) is 5.00 Å². The van der Waals surface area contributed by atoms with Crippen LogP contribution in [0.1, 0.15) is 34.9 Å². The average Bonchev–Trinajstić information content (AvgIpc) is 3.04. The van der Waals surface area contributed by atoms with Crippen molar-refractivity contribution in [3.63, 3.8) is 0 Å². The number of thiophene rings is 1. The number of methoxy groups -OCH3 is 1. The first-order chi connectivity index (χ1) is 13.2. The first-order valence-corrected chi connectivity index (χ1v) is 9.83. The van der Waals surface area contributed by atoms with E-state index < -0.39 is 0 Å². The molecule has 0 aliphatic carbocycles. The summed E-state index contributed by atoms with van der Waals surface area (Å²) in [6, 6.07) is 7.93. The summed E-state index contributed by atoms with van der Waals surface area (Å²) >= 11 is 1.49. The number of nitriles is 1. The third kappa shape index (κ3) is 4.24. The van der Waals surface area contributed by atoms with E-state index in [0.717, 1.165) is 35.5 Å². The summed E-state index contributed by atoms with van der Waals surface area (Å²) in [5.74, 6) is 1.24. The van der Waals surface area contributed by atoms with Gasteiger partial charge in [0, 0.05) is 17.8 Å². The van der Waals surface area contributed by atoms with Crippen molar-refractivity contribution in [1.29, 1.82) is 5.26 Å². The molecule has 0 saturated carbocycles. The number of amides is 1. The van der Waals surface area contributed by atoms with E-state index in [-0.39, 0.29) is 5.91 Å². The molecule has 3 rings (SSSR count). The third-order valence-electron chi connectivity index (χ3n) is 4.48. The molecule has 2 N–H and O–H groups in total. The molecule has 0 bridgehead atoms. The number of aryl methyl sites for hydroxylation is 1. The highest BCUT2D eigenvalue weighted by atomic mass is 32.1. The molecule has 1 aliphatic rings. The molecule has 0 unspecified atom stereocenters. The quantitative estimate of drug-likeness (QED) is 0.764. The van der Waals surface area contributed by atoms with Gasteiger partial charge in [-0.15, -0.1) is 11.3 Å². The van der Waals surface area contributed by atoms with Gasteiger partial charge < -0.3 is 20.1 Å². The number of rotatable bonds is 7. The van der Waals surface area contributed by atoms with Crippen molar-refractivity contribution in [2.24, 2.45) is 0 Å². The molecule has 0 radical (unpaired) electrons. The van der Waals surface area contributed by atoms with Gasteiger partial charge in [0.15, 0.2) is 11.5 Å². The molecule has 0 spiro atoms. The normalized spacial score (nSPS) is 12.8. The maximum atomic E-state index is 12.5. The Morgan fingerprint density at radius 2 is 2.30 bits per heavy atom. The van der Waals surface area contributed by atoms with Gasteiger partial charge in [0.2, 0.25) is 5.91 Å². The number of nitrogens with one attached hydrogen (secondary N) is 2. The van der Waals surface area contributed by atoms with Gasteiger partial charge >= 0.3 is 0 Å². The van der Waals surface area contributed by atoms with Crippen molar-refractivity contribution in [1.82, 2.24) is 5.32 Å². The molecule has 1 amide bonds. The Kier molecular flexibility index (Phi) is 6.32. The van der Waals surface area contributed by atoms with Crippen molar-refractivity contribution in [3.05, 3.63) is 39.8 Å². The topological polar surface area (TPSA) is 83.4 Å². The molecule has 142 valence electrons. The lowest BCUT2D eigenvalue weighted by Gasteiger charge is -2.14. The number of carbonyl (C=O) groups is 1. The summed E-state index contributed by atoms with van der Waals surface area (Å²) in [6.45, 7) is 4.06. The number of carbonyl (C=O) groups excluding carboxylic acids is 1. The zero-order valence-corrected chi connectivity index (χ0v) is 16.4. The Labute approximate surface area is 163 Å². The fraction of sp³-hybridized carbons (Fsp3) is 0.400. The lowest BCUT2D eigenvalue weighted by Crippen LogP contribution is -2.22. The zero-order chi connectivity index (χ0) is 19.2. The standard InChI is InChI=1S/C20H23N3O3S/c1-3-26-19-13(5-4-6-16(19)25-2)7-8-18(24)23-20-15(11-21)14-9-10-22-12-17(14)27-20/h4-6,22H,3,7-10,12H2,1-2H3,(H,23,24). The Morgan fingerprint density at radius 3 is 3.04 bits per heavy atom. The van der Waals surface area contributed by atoms with Crippen molar-refractivity contribution in [3.8, 4) is 17.6 Å². The van der Waals surface area contributed by atoms with Gasteiger partial charge in [0.05, 0.1) is 19.3 Å². The highest BCUT2D eigenvalue weighted by Crippen LogP contribution is 2.35. The zero-order valence-electron chi connectivity index (χ0n) is 15.6. The first-order valence-electron chi connectivity index (χ1n) is 9.01. The summed E-state index contributed by atoms with van der Waals surface area (Å²) in [7, 11) is 1.60. The van der Waals surface area contributed by atoms with Crippen LogP contribution in [-0.4, -0.2) is 26.2 Å². The minimum atomic E-state index is -0.108. The second-order valence-corrected chi connectivity index (χ2v) is 7.28. The molecule has 0 fully saturated rings. The molecule has 2 heterocycles. The Bertz CT molecular complexity index is 870. The van der Waals surface area contributed by atoms with Crippen molar-refractivity contribution < 1.29 is 14.3 Å². The molecule has 2 aromatic rings. The first kappa shape index (κ1) is 19.2. The molecule has 1 aliphatic heterocycles. The number of fused-ring (bicyclic) bond motifs is 1. The van der Waals surface area contributed by atoms with Gasteiger partial charge in [-0.3, -0.25) is 4.79 Å². The minimum absolute atomic E-state index is 0.108. The summed E-state index contributed by atoms with van der Waals surface area (Å²) < 4.78 is 11.0. The highest BCUT2D eigenvalue weighted by molar-refractivity contribution is 7.16. The number of para-hydroxylation sites is 1. The van der Waals surface area contributed by atoms with Crippen LogP contribution in [-0.2, 0) is 24.2 Å². The average molecular weight is 385 g/mol.